The molecule has 0 bridgehead atoms. The van der Waals surface area contributed by atoms with Crippen LogP contribution in [-0.2, 0) is 6.42 Å². The first kappa shape index (κ1) is 11.4. The molecule has 0 radical (unpaired) electrons. The Bertz CT molecular complexity index is 494. The fourth-order valence-corrected chi connectivity index (χ4v) is 3.93. The second kappa shape index (κ2) is 4.05. The Balaban J connectivity index is 2.68. The van der Waals surface area contributed by atoms with Crippen LogP contribution in [0, 0.1) is 0 Å². The van der Waals surface area contributed by atoms with E-state index in [9.17, 15) is 0 Å². The summed E-state index contributed by atoms with van der Waals surface area (Å²) in [5, 5.41) is 2.87. The Morgan fingerprint density at radius 2 is 2.06 bits per heavy atom. The molecule has 0 spiro atoms. The van der Waals surface area contributed by atoms with E-state index in [0.29, 0.717) is 0 Å². The zero-order valence-corrected chi connectivity index (χ0v) is 11.6. The van der Waals surface area contributed by atoms with E-state index in [0.717, 1.165) is 0 Å². The van der Waals surface area contributed by atoms with Crippen LogP contribution >= 0.6 is 0 Å². The van der Waals surface area contributed by atoms with E-state index in [2.05, 4.69) is 42.6 Å². The first-order chi connectivity index (χ1) is 7.54. The van der Waals surface area contributed by atoms with Crippen molar-refractivity contribution >= 4 is 24.3 Å². The molecule has 1 N–H and O–H groups in total. The van der Waals surface area contributed by atoms with E-state index in [4.69, 9.17) is 0 Å². The van der Waals surface area contributed by atoms with Crippen LogP contribution in [0.15, 0.2) is 18.5 Å². The van der Waals surface area contributed by atoms with Crippen LogP contribution in [0.4, 0.5) is 0 Å². The summed E-state index contributed by atoms with van der Waals surface area (Å²) in [5.41, 5.74) is 2.72. The molecule has 2 rings (SSSR count). The van der Waals surface area contributed by atoms with Crippen LogP contribution < -0.4 is 5.32 Å². The summed E-state index contributed by atoms with van der Waals surface area (Å²) in [7, 11) is -1.28. The van der Waals surface area contributed by atoms with Crippen molar-refractivity contribution in [2.75, 3.05) is 0 Å². The third-order valence-corrected chi connectivity index (χ3v) is 4.88. The van der Waals surface area contributed by atoms with Crippen LogP contribution in [-0.4, -0.2) is 18.0 Å². The van der Waals surface area contributed by atoms with Crippen molar-refractivity contribution in [3.63, 3.8) is 0 Å². The summed E-state index contributed by atoms with van der Waals surface area (Å²) in [4.78, 5) is 7.78. The number of hydrogen-bond acceptors (Lipinski definition) is 1. The Morgan fingerprint density at radius 3 is 2.69 bits per heavy atom. The summed E-state index contributed by atoms with van der Waals surface area (Å²) in [6, 6.07) is 2.14. The zero-order valence-electron chi connectivity index (χ0n) is 10.6. The maximum atomic E-state index is 4.19. The average Bonchev–Trinajstić information content (AvgIpc) is 2.58. The lowest BCUT2D eigenvalue weighted by Crippen LogP contribution is -2.40. The maximum absolute atomic E-state index is 4.19. The van der Waals surface area contributed by atoms with E-state index >= 15 is 0 Å². The topological polar surface area (TPSA) is 28.7 Å². The van der Waals surface area contributed by atoms with Gasteiger partial charge in [-0.25, -0.2) is 0 Å². The van der Waals surface area contributed by atoms with Gasteiger partial charge in [-0.3, -0.25) is 4.98 Å². The Hall–Kier alpha value is -1.09. The molecule has 0 aromatic carbocycles. The number of H-pyrrole nitrogens is 1. The van der Waals surface area contributed by atoms with Crippen LogP contribution in [0.5, 0.6) is 0 Å². The largest absolute Gasteiger partial charge is 0.361 e. The lowest BCUT2D eigenvalue weighted by molar-refractivity contribution is 0.933. The minimum Gasteiger partial charge on any atom is -0.361 e. The van der Waals surface area contributed by atoms with Gasteiger partial charge in [0.2, 0.25) is 0 Å². The van der Waals surface area contributed by atoms with Crippen LogP contribution in [0.2, 0.25) is 19.6 Å². The molecular formula is C13H20N2Si. The predicted octanol–water partition coefficient (Wildman–Crippen LogP) is 3.06. The molecule has 2 heterocycles. The van der Waals surface area contributed by atoms with Crippen LogP contribution in [0.3, 0.4) is 0 Å². The van der Waals surface area contributed by atoms with Gasteiger partial charge >= 0.3 is 0 Å². The third kappa shape index (κ3) is 1.92. The van der Waals surface area contributed by atoms with Crippen molar-refractivity contribution in [2.24, 2.45) is 0 Å². The first-order valence-electron chi connectivity index (χ1n) is 5.99. The number of aromatic nitrogens is 2. The normalized spacial score (nSPS) is 12.2. The van der Waals surface area contributed by atoms with Gasteiger partial charge in [0.05, 0.1) is 19.8 Å². The molecule has 2 aromatic heterocycles. The molecule has 0 unspecified atom stereocenters. The van der Waals surface area contributed by atoms with Crippen molar-refractivity contribution in [1.29, 1.82) is 0 Å². The van der Waals surface area contributed by atoms with E-state index in [1.165, 1.54) is 34.6 Å². The van der Waals surface area contributed by atoms with Crippen molar-refractivity contribution in [1.82, 2.24) is 9.97 Å². The minimum atomic E-state index is -1.28. The van der Waals surface area contributed by atoms with E-state index in [1.54, 1.807) is 0 Å². The lowest BCUT2D eigenvalue weighted by Gasteiger charge is -2.16. The van der Waals surface area contributed by atoms with Crippen molar-refractivity contribution in [3.05, 3.63) is 24.0 Å². The summed E-state index contributed by atoms with van der Waals surface area (Å²) in [5.74, 6) is 0. The van der Waals surface area contributed by atoms with Crippen LogP contribution in [0.25, 0.3) is 10.9 Å². The molecule has 0 saturated carbocycles. The molecule has 0 aliphatic heterocycles. The number of nitrogens with zero attached hydrogens (tertiary/aromatic N) is 1. The Morgan fingerprint density at radius 1 is 1.31 bits per heavy atom. The van der Waals surface area contributed by atoms with Gasteiger partial charge in [-0.05, 0) is 18.1 Å². The van der Waals surface area contributed by atoms with Gasteiger partial charge in [0.25, 0.3) is 0 Å². The molecular weight excluding hydrogens is 212 g/mol. The Kier molecular flexibility index (Phi) is 2.89. The van der Waals surface area contributed by atoms with Gasteiger partial charge in [0, 0.05) is 16.9 Å². The second-order valence-electron chi connectivity index (χ2n) is 5.40. The minimum absolute atomic E-state index is 1.17. The van der Waals surface area contributed by atoms with Crippen molar-refractivity contribution in [2.45, 2.75) is 39.4 Å². The molecule has 0 saturated heterocycles. The summed E-state index contributed by atoms with van der Waals surface area (Å²) in [6.07, 6.45) is 6.21. The second-order valence-corrected chi connectivity index (χ2v) is 10.4. The fraction of sp³-hybridized carbons (Fsp3) is 0.462. The molecule has 0 atom stereocenters. The molecule has 2 nitrogen and oxygen atoms in total. The number of aromatic amines is 1. The maximum Gasteiger partial charge on any atom is 0.0985 e. The standard InChI is InChI=1S/C13H20N2Si/c1-5-6-11-10-7-8-14-9-12(10)15-13(11)16(2,3)4/h7-9,15H,5-6H2,1-4H3. The van der Waals surface area contributed by atoms with Gasteiger partial charge in [-0.1, -0.05) is 33.0 Å². The molecule has 2 aromatic rings. The highest BCUT2D eigenvalue weighted by Gasteiger charge is 2.23. The number of nitrogens with one attached hydrogen (secondary N) is 1. The fourth-order valence-electron chi connectivity index (χ4n) is 2.25. The van der Waals surface area contributed by atoms with Crippen LogP contribution in [0.1, 0.15) is 18.9 Å². The SMILES string of the molecule is CCCc1c([Si](C)(C)C)[nH]c2cnccc12. The molecule has 0 fully saturated rings. The molecule has 0 amide bonds. The number of hydrogen-bond donors (Lipinski definition) is 1. The quantitative estimate of drug-likeness (QED) is 0.810. The average molecular weight is 232 g/mol. The predicted molar refractivity (Wildman–Crippen MR) is 73.1 cm³/mol. The van der Waals surface area contributed by atoms with Gasteiger partial charge < -0.3 is 4.98 Å². The highest BCUT2D eigenvalue weighted by molar-refractivity contribution is 6.88. The smallest absolute Gasteiger partial charge is 0.0985 e. The highest BCUT2D eigenvalue weighted by atomic mass is 28.3. The number of pyridine rings is 1. The highest BCUT2D eigenvalue weighted by Crippen LogP contribution is 2.19. The van der Waals surface area contributed by atoms with Gasteiger partial charge in [0.1, 0.15) is 0 Å². The monoisotopic (exact) mass is 232 g/mol. The number of aryl methyl sites for hydroxylation is 1. The number of rotatable bonds is 3. The van der Waals surface area contributed by atoms with Crippen molar-refractivity contribution in [3.8, 4) is 0 Å². The lowest BCUT2D eigenvalue weighted by atomic mass is 10.1. The summed E-state index contributed by atoms with van der Waals surface area (Å²) >= 11 is 0. The van der Waals surface area contributed by atoms with Gasteiger partial charge in [-0.15, -0.1) is 0 Å². The Labute approximate surface area is 98.1 Å². The van der Waals surface area contributed by atoms with Crippen molar-refractivity contribution < 1.29 is 0 Å². The number of fused-ring (bicyclic) bond motifs is 1. The molecule has 86 valence electrons. The third-order valence-electron chi connectivity index (χ3n) is 2.96. The van der Waals surface area contributed by atoms with E-state index in [-0.39, 0.29) is 0 Å². The zero-order chi connectivity index (χ0) is 11.8. The molecule has 0 aliphatic rings. The van der Waals surface area contributed by atoms with Gasteiger partial charge in [-0.2, -0.15) is 0 Å². The first-order valence-corrected chi connectivity index (χ1v) is 9.49. The summed E-state index contributed by atoms with van der Waals surface area (Å²) in [6.45, 7) is 9.42. The molecule has 3 heteroatoms. The summed E-state index contributed by atoms with van der Waals surface area (Å²) < 4.78 is 0. The molecule has 0 aliphatic carbocycles. The van der Waals surface area contributed by atoms with Gasteiger partial charge in [0.15, 0.2) is 0 Å². The molecule has 16 heavy (non-hydrogen) atoms. The van der Waals surface area contributed by atoms with E-state index in [1.807, 2.05) is 12.4 Å². The van der Waals surface area contributed by atoms with E-state index < -0.39 is 8.07 Å².